The number of thiophene rings is 1. The van der Waals surface area contributed by atoms with Crippen molar-refractivity contribution in [3.05, 3.63) is 64.5 Å². The number of aromatic amines is 1. The van der Waals surface area contributed by atoms with Gasteiger partial charge in [0.05, 0.1) is 11.7 Å². The van der Waals surface area contributed by atoms with E-state index in [9.17, 15) is 4.79 Å². The molecule has 4 nitrogen and oxygen atoms in total. The van der Waals surface area contributed by atoms with Crippen LogP contribution in [0.1, 0.15) is 34.2 Å². The van der Waals surface area contributed by atoms with Gasteiger partial charge in [-0.1, -0.05) is 36.4 Å². The number of benzene rings is 1. The number of H-pyrrole nitrogens is 1. The monoisotopic (exact) mass is 323 g/mol. The third-order valence-corrected chi connectivity index (χ3v) is 5.08. The summed E-state index contributed by atoms with van der Waals surface area (Å²) in [5, 5.41) is 12.3. The van der Waals surface area contributed by atoms with Crippen LogP contribution in [0.15, 0.2) is 53.9 Å². The van der Waals surface area contributed by atoms with Gasteiger partial charge in [-0.3, -0.25) is 9.89 Å². The van der Waals surface area contributed by atoms with E-state index in [0.717, 1.165) is 11.3 Å². The second-order valence-corrected chi connectivity index (χ2v) is 6.82. The summed E-state index contributed by atoms with van der Waals surface area (Å²) in [6, 6.07) is 15.9. The summed E-state index contributed by atoms with van der Waals surface area (Å²) in [6.45, 7) is 0. The number of carbonyl (C=O) groups is 1. The molecule has 1 aliphatic rings. The maximum atomic E-state index is 12.5. The Morgan fingerprint density at radius 2 is 2.04 bits per heavy atom. The Morgan fingerprint density at radius 1 is 1.22 bits per heavy atom. The molecule has 0 bridgehead atoms. The van der Waals surface area contributed by atoms with Crippen LogP contribution in [0.25, 0.3) is 11.3 Å². The quantitative estimate of drug-likeness (QED) is 0.745. The lowest BCUT2D eigenvalue weighted by molar-refractivity contribution is 0.0927. The van der Waals surface area contributed by atoms with E-state index in [2.05, 4.69) is 27.0 Å². The molecule has 0 spiro atoms. The first kappa shape index (κ1) is 14.2. The molecule has 4 rings (SSSR count). The molecule has 0 saturated heterocycles. The number of hydrogen-bond donors (Lipinski definition) is 2. The molecule has 1 amide bonds. The molecule has 2 heterocycles. The van der Waals surface area contributed by atoms with Crippen LogP contribution in [-0.2, 0) is 0 Å². The van der Waals surface area contributed by atoms with Crippen LogP contribution >= 0.6 is 11.3 Å². The summed E-state index contributed by atoms with van der Waals surface area (Å²) in [5.74, 6) is 0.471. The van der Waals surface area contributed by atoms with Gasteiger partial charge in [0.1, 0.15) is 5.69 Å². The molecule has 1 fully saturated rings. The van der Waals surface area contributed by atoms with Gasteiger partial charge in [-0.15, -0.1) is 11.3 Å². The van der Waals surface area contributed by atoms with Crippen molar-refractivity contribution in [1.29, 1.82) is 0 Å². The van der Waals surface area contributed by atoms with Crippen molar-refractivity contribution in [3.63, 3.8) is 0 Å². The van der Waals surface area contributed by atoms with Crippen molar-refractivity contribution in [3.8, 4) is 11.3 Å². The van der Waals surface area contributed by atoms with E-state index < -0.39 is 0 Å². The van der Waals surface area contributed by atoms with E-state index in [-0.39, 0.29) is 11.9 Å². The Labute approximate surface area is 138 Å². The topological polar surface area (TPSA) is 57.8 Å². The summed E-state index contributed by atoms with van der Waals surface area (Å²) >= 11 is 1.70. The normalized spacial score (nSPS) is 15.3. The number of carbonyl (C=O) groups excluding carboxylic acids is 1. The first-order valence-electron chi connectivity index (χ1n) is 7.76. The van der Waals surface area contributed by atoms with Crippen LogP contribution in [0.3, 0.4) is 0 Å². The van der Waals surface area contributed by atoms with Crippen molar-refractivity contribution < 1.29 is 4.79 Å². The van der Waals surface area contributed by atoms with E-state index in [4.69, 9.17) is 0 Å². The molecule has 2 N–H and O–H groups in total. The summed E-state index contributed by atoms with van der Waals surface area (Å²) in [7, 11) is 0. The van der Waals surface area contributed by atoms with Crippen molar-refractivity contribution >= 4 is 17.2 Å². The fourth-order valence-corrected chi connectivity index (χ4v) is 3.60. The molecule has 116 valence electrons. The van der Waals surface area contributed by atoms with Gasteiger partial charge in [0.2, 0.25) is 0 Å². The smallest absolute Gasteiger partial charge is 0.269 e. The van der Waals surface area contributed by atoms with E-state index in [1.54, 1.807) is 11.3 Å². The molecule has 1 saturated carbocycles. The number of aromatic nitrogens is 2. The number of nitrogens with zero attached hydrogens (tertiary/aromatic N) is 1. The maximum Gasteiger partial charge on any atom is 0.269 e. The van der Waals surface area contributed by atoms with E-state index in [0.29, 0.717) is 11.6 Å². The summed E-state index contributed by atoms with van der Waals surface area (Å²) in [4.78, 5) is 13.8. The van der Waals surface area contributed by atoms with Crippen LogP contribution in [0.4, 0.5) is 0 Å². The van der Waals surface area contributed by atoms with Gasteiger partial charge in [0.15, 0.2) is 0 Å². The second kappa shape index (κ2) is 6.01. The highest BCUT2D eigenvalue weighted by Gasteiger charge is 2.34. The predicted molar refractivity (Wildman–Crippen MR) is 91.3 cm³/mol. The van der Waals surface area contributed by atoms with Gasteiger partial charge in [0.25, 0.3) is 5.91 Å². The van der Waals surface area contributed by atoms with Gasteiger partial charge < -0.3 is 5.32 Å². The minimum absolute atomic E-state index is 0.0926. The molecule has 0 aliphatic heterocycles. The molecule has 2 aromatic heterocycles. The standard InChI is InChI=1S/C18H17N3OS/c22-18(19-17(13-8-9-13)16-7-4-10-23-16)15-11-14(20-21-15)12-5-2-1-3-6-12/h1-7,10-11,13,17H,8-9H2,(H,19,22)(H,20,21). The third-order valence-electron chi connectivity index (χ3n) is 4.12. The molecule has 1 atom stereocenters. The lowest BCUT2D eigenvalue weighted by atomic mass is 10.1. The van der Waals surface area contributed by atoms with Gasteiger partial charge in [0, 0.05) is 10.4 Å². The maximum absolute atomic E-state index is 12.5. The van der Waals surface area contributed by atoms with Gasteiger partial charge in [-0.05, 0) is 36.3 Å². The number of rotatable bonds is 5. The average molecular weight is 323 g/mol. The Kier molecular flexibility index (Phi) is 3.71. The molecule has 1 aliphatic carbocycles. The Bertz CT molecular complexity index is 791. The first-order chi connectivity index (χ1) is 11.3. The van der Waals surface area contributed by atoms with E-state index in [1.165, 1.54) is 17.7 Å². The van der Waals surface area contributed by atoms with E-state index >= 15 is 0 Å². The summed E-state index contributed by atoms with van der Waals surface area (Å²) < 4.78 is 0. The molecule has 5 heteroatoms. The van der Waals surface area contributed by atoms with Crippen LogP contribution in [0, 0.1) is 5.92 Å². The highest BCUT2D eigenvalue weighted by Crippen LogP contribution is 2.42. The third kappa shape index (κ3) is 3.05. The molecule has 0 radical (unpaired) electrons. The summed E-state index contributed by atoms with van der Waals surface area (Å²) in [6.07, 6.45) is 2.36. The highest BCUT2D eigenvalue weighted by molar-refractivity contribution is 7.10. The van der Waals surface area contributed by atoms with Crippen molar-refractivity contribution in [2.24, 2.45) is 5.92 Å². The fraction of sp³-hybridized carbons (Fsp3) is 0.222. The number of nitrogens with one attached hydrogen (secondary N) is 2. The largest absolute Gasteiger partial charge is 0.343 e. The molecule has 3 aromatic rings. The minimum Gasteiger partial charge on any atom is -0.343 e. The van der Waals surface area contributed by atoms with Crippen molar-refractivity contribution in [1.82, 2.24) is 15.5 Å². The summed E-state index contributed by atoms with van der Waals surface area (Å²) in [5.41, 5.74) is 2.29. The van der Waals surface area contributed by atoms with Gasteiger partial charge in [-0.2, -0.15) is 5.10 Å². The molecular formula is C18H17N3OS. The highest BCUT2D eigenvalue weighted by atomic mass is 32.1. The fourth-order valence-electron chi connectivity index (χ4n) is 2.73. The van der Waals surface area contributed by atoms with Gasteiger partial charge >= 0.3 is 0 Å². The van der Waals surface area contributed by atoms with Crippen molar-refractivity contribution in [2.75, 3.05) is 0 Å². The van der Waals surface area contributed by atoms with Crippen LogP contribution < -0.4 is 5.32 Å². The Balaban J connectivity index is 1.52. The lowest BCUT2D eigenvalue weighted by Crippen LogP contribution is -2.29. The predicted octanol–water partition coefficient (Wildman–Crippen LogP) is 4.02. The van der Waals surface area contributed by atoms with Crippen LogP contribution in [-0.4, -0.2) is 16.1 Å². The van der Waals surface area contributed by atoms with Gasteiger partial charge in [-0.25, -0.2) is 0 Å². The SMILES string of the molecule is O=C(NC(c1cccs1)C1CC1)c1cc(-c2ccccc2)n[nH]1. The Morgan fingerprint density at radius 3 is 2.74 bits per heavy atom. The molecule has 23 heavy (non-hydrogen) atoms. The number of amides is 1. The Hall–Kier alpha value is -2.40. The molecule has 1 unspecified atom stereocenters. The van der Waals surface area contributed by atoms with Crippen molar-refractivity contribution in [2.45, 2.75) is 18.9 Å². The second-order valence-electron chi connectivity index (χ2n) is 5.84. The molecular weight excluding hydrogens is 306 g/mol. The number of hydrogen-bond acceptors (Lipinski definition) is 3. The van der Waals surface area contributed by atoms with E-state index in [1.807, 2.05) is 42.5 Å². The zero-order valence-corrected chi connectivity index (χ0v) is 13.3. The zero-order chi connectivity index (χ0) is 15.6. The first-order valence-corrected chi connectivity index (χ1v) is 8.64. The lowest BCUT2D eigenvalue weighted by Gasteiger charge is -2.16. The zero-order valence-electron chi connectivity index (χ0n) is 12.5. The molecule has 1 aromatic carbocycles. The minimum atomic E-state index is -0.0926. The average Bonchev–Trinajstić information content (AvgIpc) is 3.08. The van der Waals surface area contributed by atoms with Crippen LogP contribution in [0.2, 0.25) is 0 Å². The van der Waals surface area contributed by atoms with Crippen LogP contribution in [0.5, 0.6) is 0 Å².